The zero-order valence-electron chi connectivity index (χ0n) is 19.1. The minimum absolute atomic E-state index is 0.106. The maximum Gasteiger partial charge on any atom is 0.410 e. The fourth-order valence-electron chi connectivity index (χ4n) is 4.04. The van der Waals surface area contributed by atoms with E-state index in [1.54, 1.807) is 4.90 Å². The van der Waals surface area contributed by atoms with Crippen LogP contribution in [-0.2, 0) is 11.3 Å². The molecule has 1 saturated heterocycles. The maximum absolute atomic E-state index is 12.9. The van der Waals surface area contributed by atoms with Crippen LogP contribution in [0.2, 0.25) is 0 Å². The summed E-state index contributed by atoms with van der Waals surface area (Å²) >= 11 is 3.57. The molecule has 176 valence electrons. The van der Waals surface area contributed by atoms with Gasteiger partial charge in [-0.15, -0.1) is 5.10 Å². The monoisotopic (exact) mass is 516 g/mol. The van der Waals surface area contributed by atoms with Crippen molar-refractivity contribution >= 4 is 33.6 Å². The van der Waals surface area contributed by atoms with Crippen LogP contribution in [0.25, 0.3) is 16.9 Å². The summed E-state index contributed by atoms with van der Waals surface area (Å²) in [5, 5.41) is 4.54. The van der Waals surface area contributed by atoms with E-state index in [0.29, 0.717) is 41.4 Å². The predicted octanol–water partition coefficient (Wildman–Crippen LogP) is 3.94. The number of fused-ring (bicyclic) bond motifs is 1. The summed E-state index contributed by atoms with van der Waals surface area (Å²) in [5.74, 6) is 0.508. The van der Waals surface area contributed by atoms with Crippen molar-refractivity contribution in [1.82, 2.24) is 24.1 Å². The number of aromatic nitrogens is 4. The zero-order valence-corrected chi connectivity index (χ0v) is 20.7. The second-order valence-electron chi connectivity index (χ2n) is 9.36. The highest BCUT2D eigenvalue weighted by molar-refractivity contribution is 9.10. The van der Waals surface area contributed by atoms with Gasteiger partial charge < -0.3 is 15.4 Å². The number of ether oxygens (including phenoxy) is 1. The molecule has 0 atom stereocenters. The van der Waals surface area contributed by atoms with Gasteiger partial charge in [-0.1, -0.05) is 30.3 Å². The largest absolute Gasteiger partial charge is 0.444 e. The Kier molecular flexibility index (Phi) is 6.47. The van der Waals surface area contributed by atoms with Gasteiger partial charge >= 0.3 is 11.8 Å². The van der Waals surface area contributed by atoms with Gasteiger partial charge in [0.1, 0.15) is 5.60 Å². The minimum atomic E-state index is -0.496. The van der Waals surface area contributed by atoms with Crippen molar-refractivity contribution in [3.63, 3.8) is 0 Å². The van der Waals surface area contributed by atoms with Crippen LogP contribution in [0.4, 0.5) is 10.7 Å². The number of hydrogen-bond donors (Lipinski definition) is 1. The van der Waals surface area contributed by atoms with Crippen LogP contribution in [0.5, 0.6) is 0 Å². The van der Waals surface area contributed by atoms with E-state index in [-0.39, 0.29) is 17.7 Å². The maximum atomic E-state index is 12.9. The summed E-state index contributed by atoms with van der Waals surface area (Å²) in [6.45, 7) is 7.39. The van der Waals surface area contributed by atoms with Crippen molar-refractivity contribution in [2.75, 3.05) is 18.8 Å². The zero-order chi connectivity index (χ0) is 23.8. The van der Waals surface area contributed by atoms with Crippen molar-refractivity contribution in [2.24, 2.45) is 5.92 Å². The molecule has 1 fully saturated rings. The van der Waals surface area contributed by atoms with Gasteiger partial charge in [-0.05, 0) is 61.9 Å². The molecule has 4 rings (SSSR count). The Balaban J connectivity index is 1.45. The topological polar surface area (TPSA) is 108 Å². The average molecular weight is 517 g/mol. The Bertz CT molecular complexity index is 1210. The fraction of sp³-hybridized carbons (Fsp3) is 0.478. The molecule has 9 nitrogen and oxygen atoms in total. The molecule has 1 aliphatic heterocycles. The number of piperidine rings is 1. The number of carbonyl (C=O) groups excluding carboxylic acids is 1. The van der Waals surface area contributed by atoms with Gasteiger partial charge in [0, 0.05) is 25.2 Å². The number of carbonyl (C=O) groups is 1. The van der Waals surface area contributed by atoms with Crippen LogP contribution in [-0.4, -0.2) is 48.8 Å². The number of halogens is 1. The molecule has 3 heterocycles. The second-order valence-corrected chi connectivity index (χ2v) is 10.2. The highest BCUT2D eigenvalue weighted by atomic mass is 79.9. The third kappa shape index (κ3) is 5.05. The van der Waals surface area contributed by atoms with Crippen LogP contribution in [0.3, 0.4) is 0 Å². The molecule has 0 aliphatic carbocycles. The van der Waals surface area contributed by atoms with Crippen LogP contribution >= 0.6 is 15.9 Å². The van der Waals surface area contributed by atoms with Crippen molar-refractivity contribution in [2.45, 2.75) is 52.2 Å². The van der Waals surface area contributed by atoms with Gasteiger partial charge in [-0.3, -0.25) is 0 Å². The van der Waals surface area contributed by atoms with E-state index >= 15 is 0 Å². The molecule has 0 unspecified atom stereocenters. The van der Waals surface area contributed by atoms with E-state index in [9.17, 15) is 9.59 Å². The molecule has 2 N–H and O–H groups in total. The Morgan fingerprint density at radius 3 is 2.52 bits per heavy atom. The van der Waals surface area contributed by atoms with E-state index < -0.39 is 5.60 Å². The lowest BCUT2D eigenvalue weighted by Gasteiger charge is -2.33. The van der Waals surface area contributed by atoms with E-state index in [0.717, 1.165) is 24.8 Å². The number of nitrogens with two attached hydrogens (primary N) is 1. The number of benzene rings is 1. The Hall–Kier alpha value is -2.88. The fourth-order valence-corrected chi connectivity index (χ4v) is 4.62. The van der Waals surface area contributed by atoms with E-state index in [1.165, 1.54) is 9.08 Å². The summed E-state index contributed by atoms with van der Waals surface area (Å²) in [6, 6.07) is 9.63. The highest BCUT2D eigenvalue weighted by Gasteiger charge is 2.27. The summed E-state index contributed by atoms with van der Waals surface area (Å²) in [5.41, 5.74) is 7.31. The number of nitrogen functional groups attached to an aromatic ring is 1. The van der Waals surface area contributed by atoms with Crippen LogP contribution < -0.4 is 11.4 Å². The first-order valence-electron chi connectivity index (χ1n) is 11.1. The molecule has 10 heteroatoms. The number of aryl methyl sites for hydroxylation is 1. The van der Waals surface area contributed by atoms with E-state index in [2.05, 4.69) is 26.0 Å². The average Bonchev–Trinajstić information content (AvgIpc) is 3.11. The lowest BCUT2D eigenvalue weighted by atomic mass is 9.94. The van der Waals surface area contributed by atoms with Gasteiger partial charge in [0.2, 0.25) is 5.95 Å². The summed E-state index contributed by atoms with van der Waals surface area (Å²) in [6.07, 6.45) is 2.27. The summed E-state index contributed by atoms with van der Waals surface area (Å²) in [7, 11) is 0. The lowest BCUT2D eigenvalue weighted by Crippen LogP contribution is -2.42. The molecule has 1 aromatic carbocycles. The molecular weight excluding hydrogens is 488 g/mol. The first kappa shape index (κ1) is 23.3. The van der Waals surface area contributed by atoms with Gasteiger partial charge in [0.15, 0.2) is 5.65 Å². The molecule has 0 radical (unpaired) electrons. The first-order chi connectivity index (χ1) is 15.6. The SMILES string of the molecule is CC(C)(C)OC(=O)N1CCC(CCn2nc3c(Br)c(-c4ccccc4)nc(N)n3c2=O)CC1. The van der Waals surface area contributed by atoms with Gasteiger partial charge in [-0.2, -0.15) is 0 Å². The highest BCUT2D eigenvalue weighted by Crippen LogP contribution is 2.30. The smallest absolute Gasteiger partial charge is 0.410 e. The number of anilines is 1. The van der Waals surface area contributed by atoms with Crippen molar-refractivity contribution < 1.29 is 9.53 Å². The standard InChI is InChI=1S/C23H29BrN6O3/c1-23(2,3)33-22(32)28-12-9-15(10-13-28)11-14-29-21(31)30-19(27-29)17(24)18(26-20(30)25)16-7-5-4-6-8-16/h4-8,15H,9-14H2,1-3H3,(H2,25,26). The van der Waals surface area contributed by atoms with Crippen molar-refractivity contribution in [1.29, 1.82) is 0 Å². The molecule has 0 spiro atoms. The minimum Gasteiger partial charge on any atom is -0.444 e. The number of nitrogens with zero attached hydrogens (tertiary/aromatic N) is 5. The number of amides is 1. The van der Waals surface area contributed by atoms with E-state index in [1.807, 2.05) is 51.1 Å². The van der Waals surface area contributed by atoms with Crippen molar-refractivity contribution in [3.8, 4) is 11.3 Å². The van der Waals surface area contributed by atoms with Crippen LogP contribution in [0.15, 0.2) is 39.6 Å². The van der Waals surface area contributed by atoms with Crippen molar-refractivity contribution in [3.05, 3.63) is 45.3 Å². The molecule has 33 heavy (non-hydrogen) atoms. The van der Waals surface area contributed by atoms with Gasteiger partial charge in [-0.25, -0.2) is 23.7 Å². The number of rotatable bonds is 4. The quantitative estimate of drug-likeness (QED) is 0.562. The lowest BCUT2D eigenvalue weighted by molar-refractivity contribution is 0.0179. The predicted molar refractivity (Wildman–Crippen MR) is 130 cm³/mol. The number of hydrogen-bond acceptors (Lipinski definition) is 6. The molecule has 2 aromatic heterocycles. The van der Waals surface area contributed by atoms with Crippen LogP contribution in [0, 0.1) is 5.92 Å². The molecule has 0 saturated carbocycles. The van der Waals surface area contributed by atoms with Gasteiger partial charge in [0.05, 0.1) is 10.2 Å². The molecular formula is C23H29BrN6O3. The Labute approximate surface area is 200 Å². The molecule has 1 amide bonds. The second kappa shape index (κ2) is 9.17. The summed E-state index contributed by atoms with van der Waals surface area (Å²) < 4.78 is 8.88. The van der Waals surface area contributed by atoms with Crippen LogP contribution in [0.1, 0.15) is 40.0 Å². The normalized spacial score (nSPS) is 15.2. The summed E-state index contributed by atoms with van der Waals surface area (Å²) in [4.78, 5) is 31.4. The Morgan fingerprint density at radius 2 is 1.88 bits per heavy atom. The first-order valence-corrected chi connectivity index (χ1v) is 11.9. The van der Waals surface area contributed by atoms with Gasteiger partial charge in [0.25, 0.3) is 0 Å². The molecule has 1 aliphatic rings. The van der Waals surface area contributed by atoms with E-state index in [4.69, 9.17) is 10.5 Å². The Morgan fingerprint density at radius 1 is 1.21 bits per heavy atom. The molecule has 3 aromatic rings. The number of likely N-dealkylation sites (tertiary alicyclic amines) is 1. The molecule has 0 bridgehead atoms. The third-order valence-corrected chi connectivity index (χ3v) is 6.49. The third-order valence-electron chi connectivity index (χ3n) is 5.76.